The van der Waals surface area contributed by atoms with Gasteiger partial charge in [0.2, 0.25) is 0 Å². The fourth-order valence-electron chi connectivity index (χ4n) is 1.88. The van der Waals surface area contributed by atoms with Crippen LogP contribution in [0.5, 0.6) is 0 Å². The zero-order valence-corrected chi connectivity index (χ0v) is 11.5. The second-order valence-electron chi connectivity index (χ2n) is 4.68. The predicted octanol–water partition coefficient (Wildman–Crippen LogP) is 3.71. The molecule has 106 valence electrons. The molecule has 1 amide bonds. The molecule has 0 bridgehead atoms. The quantitative estimate of drug-likeness (QED) is 0.915. The molecule has 0 fully saturated rings. The Bertz CT molecular complexity index is 764. The molecule has 0 atom stereocenters. The molecule has 0 aromatic heterocycles. The van der Waals surface area contributed by atoms with Crippen LogP contribution in [0.2, 0.25) is 0 Å². The lowest BCUT2D eigenvalue weighted by Gasteiger charge is -2.10. The maximum Gasteiger partial charge on any atom is 0.258 e. The number of nitrogens with zero attached hydrogens (tertiary/aromatic N) is 1. The Morgan fingerprint density at radius 3 is 2.52 bits per heavy atom. The Labute approximate surface area is 120 Å². The highest BCUT2D eigenvalue weighted by Crippen LogP contribution is 2.22. The van der Waals surface area contributed by atoms with Crippen LogP contribution in [-0.4, -0.2) is 5.91 Å². The molecule has 1 N–H and O–H groups in total. The molecule has 3 nitrogen and oxygen atoms in total. The van der Waals surface area contributed by atoms with Gasteiger partial charge in [0.1, 0.15) is 11.6 Å². The van der Waals surface area contributed by atoms with Gasteiger partial charge in [-0.25, -0.2) is 8.78 Å². The Morgan fingerprint density at radius 2 is 1.86 bits per heavy atom. The van der Waals surface area contributed by atoms with Crippen molar-refractivity contribution < 1.29 is 13.6 Å². The van der Waals surface area contributed by atoms with Crippen LogP contribution in [0.4, 0.5) is 14.5 Å². The number of nitrogens with one attached hydrogen (secondary N) is 1. The van der Waals surface area contributed by atoms with Gasteiger partial charge in [-0.15, -0.1) is 0 Å². The van der Waals surface area contributed by atoms with Gasteiger partial charge in [0.05, 0.1) is 17.2 Å². The van der Waals surface area contributed by atoms with Crippen LogP contribution in [0.25, 0.3) is 0 Å². The van der Waals surface area contributed by atoms with Crippen molar-refractivity contribution >= 4 is 11.6 Å². The van der Waals surface area contributed by atoms with E-state index in [2.05, 4.69) is 5.32 Å². The number of benzene rings is 2. The summed E-state index contributed by atoms with van der Waals surface area (Å²) in [5, 5.41) is 11.3. The lowest BCUT2D eigenvalue weighted by atomic mass is 10.1. The predicted molar refractivity (Wildman–Crippen MR) is 74.9 cm³/mol. The number of hydrogen-bond acceptors (Lipinski definition) is 2. The summed E-state index contributed by atoms with van der Waals surface area (Å²) in [5.74, 6) is -1.95. The fourth-order valence-corrected chi connectivity index (χ4v) is 1.88. The van der Waals surface area contributed by atoms with Crippen LogP contribution >= 0.6 is 0 Å². The number of amides is 1. The molecular formula is C16H12F2N2O. The molecule has 0 unspecified atom stereocenters. The molecule has 2 aromatic carbocycles. The minimum atomic E-state index is -0.686. The molecule has 0 aliphatic carbocycles. The lowest BCUT2D eigenvalue weighted by molar-refractivity contribution is 0.102. The zero-order valence-electron chi connectivity index (χ0n) is 11.5. The fraction of sp³-hybridized carbons (Fsp3) is 0.125. The lowest BCUT2D eigenvalue weighted by Crippen LogP contribution is -2.15. The summed E-state index contributed by atoms with van der Waals surface area (Å²) in [6, 6.07) is 8.39. The monoisotopic (exact) mass is 286 g/mol. The molecule has 5 heteroatoms. The van der Waals surface area contributed by atoms with Gasteiger partial charge < -0.3 is 5.32 Å². The van der Waals surface area contributed by atoms with Crippen molar-refractivity contribution in [2.24, 2.45) is 0 Å². The van der Waals surface area contributed by atoms with Crippen LogP contribution in [0.3, 0.4) is 0 Å². The highest BCUT2D eigenvalue weighted by atomic mass is 19.1. The molecule has 21 heavy (non-hydrogen) atoms. The van der Waals surface area contributed by atoms with Crippen molar-refractivity contribution in [3.05, 3.63) is 64.2 Å². The third-order valence-electron chi connectivity index (χ3n) is 3.09. The smallest absolute Gasteiger partial charge is 0.258 e. The Hall–Kier alpha value is -2.74. The number of aryl methyl sites for hydroxylation is 1. The standard InChI is InChI=1S/C16H12F2N2O/c1-9-3-4-13(17)12(5-9)16(21)20-15-7-11(8-19)6-14(18)10(15)2/h3-7H,1-2H3,(H,20,21). The summed E-state index contributed by atoms with van der Waals surface area (Å²) in [7, 11) is 0. The second kappa shape index (κ2) is 5.71. The SMILES string of the molecule is Cc1ccc(F)c(C(=O)Nc2cc(C#N)cc(F)c2C)c1. The van der Waals surface area contributed by atoms with E-state index < -0.39 is 17.5 Å². The zero-order chi connectivity index (χ0) is 15.6. The van der Waals surface area contributed by atoms with Crippen molar-refractivity contribution in [1.82, 2.24) is 0 Å². The van der Waals surface area contributed by atoms with Crippen molar-refractivity contribution in [2.45, 2.75) is 13.8 Å². The average Bonchev–Trinajstić information content (AvgIpc) is 2.46. The summed E-state index contributed by atoms with van der Waals surface area (Å²) in [4.78, 5) is 12.1. The molecule has 0 radical (unpaired) electrons. The van der Waals surface area contributed by atoms with E-state index in [0.29, 0.717) is 0 Å². The van der Waals surface area contributed by atoms with E-state index in [1.54, 1.807) is 19.1 Å². The first-order chi connectivity index (χ1) is 9.92. The van der Waals surface area contributed by atoms with E-state index in [9.17, 15) is 13.6 Å². The minimum absolute atomic E-state index is 0.0816. The number of halogens is 2. The van der Waals surface area contributed by atoms with Gasteiger partial charge in [0.25, 0.3) is 5.91 Å². The van der Waals surface area contributed by atoms with Gasteiger partial charge in [0.15, 0.2) is 0 Å². The van der Waals surface area contributed by atoms with E-state index in [-0.39, 0.29) is 22.4 Å². The normalized spacial score (nSPS) is 10.0. The van der Waals surface area contributed by atoms with Crippen molar-refractivity contribution in [3.63, 3.8) is 0 Å². The van der Waals surface area contributed by atoms with Crippen molar-refractivity contribution in [1.29, 1.82) is 5.26 Å². The summed E-state index contributed by atoms with van der Waals surface area (Å²) < 4.78 is 27.3. The first-order valence-electron chi connectivity index (χ1n) is 6.20. The highest BCUT2D eigenvalue weighted by Gasteiger charge is 2.15. The number of hydrogen-bond donors (Lipinski definition) is 1. The molecule has 0 spiro atoms. The summed E-state index contributed by atoms with van der Waals surface area (Å²) in [6.07, 6.45) is 0. The molecule has 2 rings (SSSR count). The number of nitriles is 1. The summed E-state index contributed by atoms with van der Waals surface area (Å²) in [6.45, 7) is 3.20. The molecule has 0 heterocycles. The maximum atomic E-state index is 13.7. The number of carbonyl (C=O) groups excluding carboxylic acids is 1. The summed E-state index contributed by atoms with van der Waals surface area (Å²) in [5.41, 5.74) is 1.03. The van der Waals surface area contributed by atoms with E-state index in [0.717, 1.165) is 11.6 Å². The van der Waals surface area contributed by atoms with E-state index in [1.165, 1.54) is 25.1 Å². The summed E-state index contributed by atoms with van der Waals surface area (Å²) >= 11 is 0. The number of rotatable bonds is 2. The Kier molecular flexibility index (Phi) is 3.99. The van der Waals surface area contributed by atoms with E-state index >= 15 is 0 Å². The van der Waals surface area contributed by atoms with Crippen LogP contribution < -0.4 is 5.32 Å². The Morgan fingerprint density at radius 1 is 1.14 bits per heavy atom. The molecule has 0 aliphatic heterocycles. The van der Waals surface area contributed by atoms with Gasteiger partial charge >= 0.3 is 0 Å². The maximum absolute atomic E-state index is 13.7. The third kappa shape index (κ3) is 3.06. The number of anilines is 1. The molecular weight excluding hydrogens is 274 g/mol. The molecule has 0 aliphatic rings. The highest BCUT2D eigenvalue weighted by molar-refractivity contribution is 6.05. The van der Waals surface area contributed by atoms with Gasteiger partial charge in [-0.1, -0.05) is 11.6 Å². The molecule has 0 saturated carbocycles. The largest absolute Gasteiger partial charge is 0.322 e. The van der Waals surface area contributed by atoms with E-state index in [1.807, 2.05) is 0 Å². The van der Waals surface area contributed by atoms with Gasteiger partial charge in [-0.3, -0.25) is 4.79 Å². The average molecular weight is 286 g/mol. The first-order valence-corrected chi connectivity index (χ1v) is 6.20. The third-order valence-corrected chi connectivity index (χ3v) is 3.09. The number of carbonyl (C=O) groups is 1. The van der Waals surface area contributed by atoms with Crippen LogP contribution in [0.15, 0.2) is 30.3 Å². The van der Waals surface area contributed by atoms with E-state index in [4.69, 9.17) is 5.26 Å². The van der Waals surface area contributed by atoms with Crippen LogP contribution in [0, 0.1) is 36.8 Å². The van der Waals surface area contributed by atoms with Gasteiger partial charge in [-0.2, -0.15) is 5.26 Å². The van der Waals surface area contributed by atoms with Crippen molar-refractivity contribution in [2.75, 3.05) is 5.32 Å². The van der Waals surface area contributed by atoms with Crippen LogP contribution in [0.1, 0.15) is 27.0 Å². The molecule has 0 saturated heterocycles. The van der Waals surface area contributed by atoms with Gasteiger partial charge in [0, 0.05) is 11.3 Å². The first kappa shape index (κ1) is 14.7. The second-order valence-corrected chi connectivity index (χ2v) is 4.68. The van der Waals surface area contributed by atoms with Crippen LogP contribution in [-0.2, 0) is 0 Å². The minimum Gasteiger partial charge on any atom is -0.322 e. The van der Waals surface area contributed by atoms with Crippen molar-refractivity contribution in [3.8, 4) is 6.07 Å². The van der Waals surface area contributed by atoms with Gasteiger partial charge in [-0.05, 0) is 38.1 Å². The topological polar surface area (TPSA) is 52.9 Å². The molecule has 2 aromatic rings. The Balaban J connectivity index is 2.38.